The maximum absolute atomic E-state index is 12.0. The van der Waals surface area contributed by atoms with Crippen LogP contribution in [0.3, 0.4) is 0 Å². The number of aromatic nitrogens is 1. The lowest BCUT2D eigenvalue weighted by atomic mass is 10.1. The van der Waals surface area contributed by atoms with E-state index in [9.17, 15) is 4.79 Å². The quantitative estimate of drug-likeness (QED) is 0.580. The highest BCUT2D eigenvalue weighted by Crippen LogP contribution is 2.13. The van der Waals surface area contributed by atoms with E-state index >= 15 is 0 Å². The molecule has 6 heteroatoms. The normalized spacial score (nSPS) is 11.2. The minimum Gasteiger partial charge on any atom is -0.487 e. The first-order valence-electron chi connectivity index (χ1n) is 8.78. The number of nitrogens with zero attached hydrogens (tertiary/aromatic N) is 1. The van der Waals surface area contributed by atoms with E-state index in [1.54, 1.807) is 6.20 Å². The van der Waals surface area contributed by atoms with E-state index in [1.165, 1.54) is 0 Å². The molecule has 0 spiro atoms. The van der Waals surface area contributed by atoms with E-state index in [0.717, 1.165) is 11.1 Å². The first-order valence-corrected chi connectivity index (χ1v) is 8.78. The van der Waals surface area contributed by atoms with Gasteiger partial charge in [-0.15, -0.1) is 0 Å². The summed E-state index contributed by atoms with van der Waals surface area (Å²) in [6.07, 6.45) is 1.95. The van der Waals surface area contributed by atoms with Gasteiger partial charge in [0, 0.05) is 12.1 Å². The Balaban J connectivity index is 0.00000280. The highest BCUT2D eigenvalue weighted by Gasteiger charge is 2.16. The summed E-state index contributed by atoms with van der Waals surface area (Å²) in [6.45, 7) is 0.695. The van der Waals surface area contributed by atoms with Crippen LogP contribution in [0, 0.1) is 0 Å². The van der Waals surface area contributed by atoms with E-state index in [-0.39, 0.29) is 12.8 Å². The van der Waals surface area contributed by atoms with Crippen LogP contribution in [0.1, 0.15) is 16.8 Å². The molecule has 0 radical (unpaired) electrons. The SMILES string of the molecule is N.NC(Cc1ccc(OCc2ccccc2)cn1)C(=O)OCc1ccccc1. The molecular weight excluding hydrogens is 354 g/mol. The van der Waals surface area contributed by atoms with Gasteiger partial charge in [0.1, 0.15) is 25.0 Å². The Morgan fingerprint density at radius 1 is 0.893 bits per heavy atom. The Hall–Kier alpha value is -3.22. The molecule has 1 heterocycles. The summed E-state index contributed by atoms with van der Waals surface area (Å²) in [6, 6.07) is 22.3. The average Bonchev–Trinajstić information content (AvgIpc) is 2.73. The first kappa shape index (κ1) is 21.1. The number of hydrogen-bond donors (Lipinski definition) is 2. The molecule has 0 aliphatic carbocycles. The Morgan fingerprint density at radius 2 is 1.50 bits per heavy atom. The summed E-state index contributed by atoms with van der Waals surface area (Å²) in [5, 5.41) is 0. The summed E-state index contributed by atoms with van der Waals surface area (Å²) in [5.41, 5.74) is 8.67. The third-order valence-corrected chi connectivity index (χ3v) is 4.00. The van der Waals surface area contributed by atoms with Crippen LogP contribution < -0.4 is 16.6 Å². The fourth-order valence-corrected chi connectivity index (χ4v) is 2.50. The number of benzene rings is 2. The van der Waals surface area contributed by atoms with E-state index in [1.807, 2.05) is 72.8 Å². The Kier molecular flexibility index (Phi) is 8.14. The smallest absolute Gasteiger partial charge is 0.323 e. The molecule has 0 saturated carbocycles. The molecule has 3 rings (SSSR count). The van der Waals surface area contributed by atoms with Crippen molar-refractivity contribution in [3.8, 4) is 5.75 Å². The zero-order chi connectivity index (χ0) is 18.9. The van der Waals surface area contributed by atoms with Gasteiger partial charge in [0.2, 0.25) is 0 Å². The van der Waals surface area contributed by atoms with Gasteiger partial charge in [0.05, 0.1) is 6.20 Å². The third-order valence-electron chi connectivity index (χ3n) is 4.00. The topological polar surface area (TPSA) is 109 Å². The van der Waals surface area contributed by atoms with Crippen molar-refractivity contribution in [3.63, 3.8) is 0 Å². The van der Waals surface area contributed by atoms with Crippen LogP contribution in [0.5, 0.6) is 5.75 Å². The number of ether oxygens (including phenoxy) is 2. The molecule has 5 N–H and O–H groups in total. The molecule has 0 saturated heterocycles. The second kappa shape index (κ2) is 10.8. The van der Waals surface area contributed by atoms with Crippen molar-refractivity contribution in [3.05, 3.63) is 95.8 Å². The Bertz CT molecular complexity index is 840. The lowest BCUT2D eigenvalue weighted by molar-refractivity contribution is -0.146. The molecule has 6 nitrogen and oxygen atoms in total. The van der Waals surface area contributed by atoms with Crippen LogP contribution in [0.2, 0.25) is 0 Å². The number of carbonyl (C=O) groups is 1. The zero-order valence-electron chi connectivity index (χ0n) is 15.7. The second-order valence-electron chi connectivity index (χ2n) is 6.16. The van der Waals surface area contributed by atoms with Gasteiger partial charge < -0.3 is 21.4 Å². The van der Waals surface area contributed by atoms with Gasteiger partial charge in [-0.2, -0.15) is 0 Å². The largest absolute Gasteiger partial charge is 0.487 e. The van der Waals surface area contributed by atoms with Crippen molar-refractivity contribution in [2.24, 2.45) is 5.73 Å². The number of nitrogens with two attached hydrogens (primary N) is 1. The van der Waals surface area contributed by atoms with E-state index in [4.69, 9.17) is 15.2 Å². The average molecular weight is 379 g/mol. The first-order chi connectivity index (χ1) is 13.2. The molecule has 1 unspecified atom stereocenters. The third kappa shape index (κ3) is 6.50. The lowest BCUT2D eigenvalue weighted by Gasteiger charge is -2.12. The standard InChI is InChI=1S/C22H22N2O3.H3N/c23-21(22(25)27-16-18-9-5-2-6-10-18)13-19-11-12-20(14-24-19)26-15-17-7-3-1-4-8-17;/h1-12,14,21H,13,15-16,23H2;1H3. The van der Waals surface area contributed by atoms with Crippen molar-refractivity contribution in [2.75, 3.05) is 0 Å². The number of hydrogen-bond acceptors (Lipinski definition) is 6. The van der Waals surface area contributed by atoms with Crippen LogP contribution in [0.15, 0.2) is 79.0 Å². The summed E-state index contributed by atoms with van der Waals surface area (Å²) < 4.78 is 11.0. The molecule has 0 amide bonds. The number of esters is 1. The van der Waals surface area contributed by atoms with Crippen LogP contribution in [0.25, 0.3) is 0 Å². The predicted octanol–water partition coefficient (Wildman–Crippen LogP) is 3.44. The molecule has 0 aliphatic rings. The molecule has 1 aromatic heterocycles. The highest BCUT2D eigenvalue weighted by molar-refractivity contribution is 5.75. The molecule has 0 bridgehead atoms. The van der Waals surface area contributed by atoms with Crippen LogP contribution in [0.4, 0.5) is 0 Å². The van der Waals surface area contributed by atoms with E-state index in [0.29, 0.717) is 24.5 Å². The van der Waals surface area contributed by atoms with Crippen molar-refractivity contribution in [1.82, 2.24) is 11.1 Å². The van der Waals surface area contributed by atoms with Gasteiger partial charge in [-0.05, 0) is 23.3 Å². The second-order valence-corrected chi connectivity index (χ2v) is 6.16. The summed E-state index contributed by atoms with van der Waals surface area (Å²) in [5.74, 6) is 0.230. The fraction of sp³-hybridized carbons (Fsp3) is 0.182. The summed E-state index contributed by atoms with van der Waals surface area (Å²) in [7, 11) is 0. The van der Waals surface area contributed by atoms with Gasteiger partial charge in [0.25, 0.3) is 0 Å². The Labute approximate surface area is 164 Å². The zero-order valence-corrected chi connectivity index (χ0v) is 15.7. The lowest BCUT2D eigenvalue weighted by Crippen LogP contribution is -2.34. The molecule has 3 aromatic rings. The summed E-state index contributed by atoms with van der Waals surface area (Å²) >= 11 is 0. The number of pyridine rings is 1. The highest BCUT2D eigenvalue weighted by atomic mass is 16.5. The van der Waals surface area contributed by atoms with E-state index < -0.39 is 12.0 Å². The van der Waals surface area contributed by atoms with Gasteiger partial charge in [-0.25, -0.2) is 0 Å². The molecule has 0 fully saturated rings. The van der Waals surface area contributed by atoms with E-state index in [2.05, 4.69) is 4.98 Å². The minimum atomic E-state index is -0.753. The molecule has 2 aromatic carbocycles. The fourth-order valence-electron chi connectivity index (χ4n) is 2.50. The Morgan fingerprint density at radius 3 is 2.07 bits per heavy atom. The van der Waals surface area contributed by atoms with Crippen molar-refractivity contribution in [2.45, 2.75) is 25.7 Å². The number of rotatable bonds is 8. The van der Waals surface area contributed by atoms with Crippen LogP contribution >= 0.6 is 0 Å². The molecule has 28 heavy (non-hydrogen) atoms. The predicted molar refractivity (Wildman–Crippen MR) is 108 cm³/mol. The van der Waals surface area contributed by atoms with Crippen molar-refractivity contribution in [1.29, 1.82) is 0 Å². The maximum atomic E-state index is 12.0. The minimum absolute atomic E-state index is 0. The molecular formula is C22H25N3O3. The van der Waals surface area contributed by atoms with Crippen LogP contribution in [-0.2, 0) is 29.2 Å². The van der Waals surface area contributed by atoms with Gasteiger partial charge >= 0.3 is 5.97 Å². The molecule has 1 atom stereocenters. The van der Waals surface area contributed by atoms with Gasteiger partial charge in [-0.3, -0.25) is 9.78 Å². The number of carbonyl (C=O) groups excluding carboxylic acids is 1. The van der Waals surface area contributed by atoms with Gasteiger partial charge in [0.15, 0.2) is 0 Å². The monoisotopic (exact) mass is 379 g/mol. The molecule has 146 valence electrons. The maximum Gasteiger partial charge on any atom is 0.323 e. The van der Waals surface area contributed by atoms with Crippen molar-refractivity contribution >= 4 is 5.97 Å². The molecule has 0 aliphatic heterocycles. The van der Waals surface area contributed by atoms with Crippen molar-refractivity contribution < 1.29 is 14.3 Å². The van der Waals surface area contributed by atoms with Crippen LogP contribution in [-0.4, -0.2) is 17.0 Å². The van der Waals surface area contributed by atoms with Gasteiger partial charge in [-0.1, -0.05) is 60.7 Å². The summed E-state index contributed by atoms with van der Waals surface area (Å²) in [4.78, 5) is 16.4.